The van der Waals surface area contributed by atoms with E-state index in [-0.39, 0.29) is 11.4 Å². The number of hydrogen-bond donors (Lipinski definition) is 3. The highest BCUT2D eigenvalue weighted by molar-refractivity contribution is 6.00. The molecule has 7 heteroatoms. The van der Waals surface area contributed by atoms with Crippen molar-refractivity contribution in [3.63, 3.8) is 0 Å². The van der Waals surface area contributed by atoms with Crippen LogP contribution in [-0.4, -0.2) is 11.1 Å². The number of phenolic OH excluding ortho intramolecular Hbond substituents is 1. The number of halogens is 3. The first kappa shape index (κ1) is 14.7. The maximum absolute atomic E-state index is 12.8. The van der Waals surface area contributed by atoms with E-state index in [4.69, 9.17) is 5.11 Å². The Morgan fingerprint density at radius 2 is 1.57 bits per heavy atom. The van der Waals surface area contributed by atoms with Crippen LogP contribution in [0.25, 0.3) is 0 Å². The third-order valence-electron chi connectivity index (χ3n) is 2.61. The zero-order valence-electron chi connectivity index (χ0n) is 10.6. The molecule has 0 saturated carbocycles. The van der Waals surface area contributed by atoms with Crippen LogP contribution in [0.15, 0.2) is 48.5 Å². The van der Waals surface area contributed by atoms with Crippen LogP contribution >= 0.6 is 0 Å². The minimum absolute atomic E-state index is 0.0170. The molecule has 21 heavy (non-hydrogen) atoms. The van der Waals surface area contributed by atoms with Gasteiger partial charge in [0.25, 0.3) is 0 Å². The molecule has 0 radical (unpaired) electrons. The fourth-order valence-corrected chi connectivity index (χ4v) is 1.67. The highest BCUT2D eigenvalue weighted by Gasteiger charge is 2.33. The normalized spacial score (nSPS) is 11.0. The zero-order chi connectivity index (χ0) is 15.5. The van der Waals surface area contributed by atoms with Gasteiger partial charge in [0.1, 0.15) is 5.75 Å². The molecule has 4 nitrogen and oxygen atoms in total. The fourth-order valence-electron chi connectivity index (χ4n) is 1.67. The Morgan fingerprint density at radius 3 is 2.19 bits per heavy atom. The molecule has 0 atom stereocenters. The van der Waals surface area contributed by atoms with E-state index in [0.29, 0.717) is 5.69 Å². The summed E-state index contributed by atoms with van der Waals surface area (Å²) in [4.78, 5) is 11.7. The molecule has 0 aliphatic rings. The number of amides is 2. The van der Waals surface area contributed by atoms with Crippen molar-refractivity contribution in [2.75, 3.05) is 10.6 Å². The molecule has 2 aromatic carbocycles. The first-order valence-electron chi connectivity index (χ1n) is 5.89. The number of urea groups is 1. The van der Waals surface area contributed by atoms with Crippen LogP contribution in [0.2, 0.25) is 0 Å². The molecule has 0 heterocycles. The van der Waals surface area contributed by atoms with Crippen LogP contribution in [0.1, 0.15) is 5.56 Å². The van der Waals surface area contributed by atoms with E-state index in [2.05, 4.69) is 10.6 Å². The summed E-state index contributed by atoms with van der Waals surface area (Å²) < 4.78 is 38.3. The van der Waals surface area contributed by atoms with Crippen LogP contribution < -0.4 is 10.6 Å². The second kappa shape index (κ2) is 5.74. The predicted molar refractivity (Wildman–Crippen MR) is 72.2 cm³/mol. The molecule has 0 unspecified atom stereocenters. The topological polar surface area (TPSA) is 61.4 Å². The molecule has 0 fully saturated rings. The molecule has 0 aliphatic heterocycles. The maximum atomic E-state index is 12.8. The van der Waals surface area contributed by atoms with Crippen molar-refractivity contribution in [2.24, 2.45) is 0 Å². The second-order valence-electron chi connectivity index (χ2n) is 4.17. The number of benzene rings is 2. The van der Waals surface area contributed by atoms with Gasteiger partial charge in [0.2, 0.25) is 0 Å². The minimum Gasteiger partial charge on any atom is -0.508 e. The van der Waals surface area contributed by atoms with Crippen LogP contribution in [0.5, 0.6) is 5.75 Å². The lowest BCUT2D eigenvalue weighted by atomic mass is 10.1. The van der Waals surface area contributed by atoms with E-state index >= 15 is 0 Å². The molecule has 0 aliphatic carbocycles. The van der Waals surface area contributed by atoms with Crippen LogP contribution in [0.4, 0.5) is 29.3 Å². The lowest BCUT2D eigenvalue weighted by molar-refractivity contribution is -0.136. The number of aromatic hydroxyl groups is 1. The number of rotatable bonds is 2. The molecule has 0 aromatic heterocycles. The van der Waals surface area contributed by atoms with Gasteiger partial charge in [-0.15, -0.1) is 0 Å². The third-order valence-corrected chi connectivity index (χ3v) is 2.61. The second-order valence-corrected chi connectivity index (χ2v) is 4.17. The van der Waals surface area contributed by atoms with Crippen LogP contribution in [-0.2, 0) is 6.18 Å². The Hall–Kier alpha value is -2.70. The van der Waals surface area contributed by atoms with Gasteiger partial charge in [0.15, 0.2) is 0 Å². The Labute approximate surface area is 118 Å². The first-order valence-corrected chi connectivity index (χ1v) is 5.89. The van der Waals surface area contributed by atoms with Crippen molar-refractivity contribution >= 4 is 17.4 Å². The molecule has 2 rings (SSSR count). The number of carbonyl (C=O) groups is 1. The monoisotopic (exact) mass is 296 g/mol. The van der Waals surface area contributed by atoms with E-state index in [9.17, 15) is 18.0 Å². The molecule has 0 saturated heterocycles. The fraction of sp³-hybridized carbons (Fsp3) is 0.0714. The summed E-state index contributed by atoms with van der Waals surface area (Å²) in [6.07, 6.45) is -4.55. The number of nitrogens with one attached hydrogen (secondary N) is 2. The molecule has 0 bridgehead atoms. The van der Waals surface area contributed by atoms with Gasteiger partial charge in [0.05, 0.1) is 11.3 Å². The van der Waals surface area contributed by atoms with Crippen LogP contribution in [0, 0.1) is 0 Å². The number of alkyl halides is 3. The summed E-state index contributed by atoms with van der Waals surface area (Å²) >= 11 is 0. The van der Waals surface area contributed by atoms with Gasteiger partial charge in [-0.05, 0) is 36.4 Å². The van der Waals surface area contributed by atoms with E-state index < -0.39 is 17.8 Å². The summed E-state index contributed by atoms with van der Waals surface area (Å²) in [5, 5.41) is 13.6. The number of phenols is 1. The van der Waals surface area contributed by atoms with Crippen molar-refractivity contribution in [1.29, 1.82) is 0 Å². The smallest absolute Gasteiger partial charge is 0.418 e. The highest BCUT2D eigenvalue weighted by atomic mass is 19.4. The van der Waals surface area contributed by atoms with Crippen molar-refractivity contribution in [2.45, 2.75) is 6.18 Å². The van der Waals surface area contributed by atoms with Gasteiger partial charge in [0, 0.05) is 5.69 Å². The first-order chi connectivity index (χ1) is 9.86. The van der Waals surface area contributed by atoms with Gasteiger partial charge in [-0.2, -0.15) is 13.2 Å². The van der Waals surface area contributed by atoms with E-state index in [1.54, 1.807) is 0 Å². The van der Waals surface area contributed by atoms with Gasteiger partial charge < -0.3 is 15.7 Å². The standard InChI is InChI=1S/C14H11F3N2O2/c15-14(16,17)11-3-1-2-4-12(11)19-13(21)18-9-5-7-10(20)8-6-9/h1-8,20H,(H2,18,19,21). The van der Waals surface area contributed by atoms with Crippen molar-refractivity contribution in [1.82, 2.24) is 0 Å². The molecule has 3 N–H and O–H groups in total. The maximum Gasteiger partial charge on any atom is 0.418 e. The van der Waals surface area contributed by atoms with Gasteiger partial charge >= 0.3 is 12.2 Å². The van der Waals surface area contributed by atoms with Crippen LogP contribution in [0.3, 0.4) is 0 Å². The van der Waals surface area contributed by atoms with E-state index in [1.807, 2.05) is 0 Å². The SMILES string of the molecule is O=C(Nc1ccc(O)cc1)Nc1ccccc1C(F)(F)F. The average molecular weight is 296 g/mol. The Balaban J connectivity index is 2.11. The number of anilines is 2. The Kier molecular flexibility index (Phi) is 4.02. The molecule has 110 valence electrons. The highest BCUT2D eigenvalue weighted by Crippen LogP contribution is 2.34. The zero-order valence-corrected chi connectivity index (χ0v) is 10.6. The molecule has 2 aromatic rings. The van der Waals surface area contributed by atoms with E-state index in [0.717, 1.165) is 6.07 Å². The lowest BCUT2D eigenvalue weighted by Gasteiger charge is -2.14. The van der Waals surface area contributed by atoms with Crippen molar-refractivity contribution < 1.29 is 23.1 Å². The van der Waals surface area contributed by atoms with Gasteiger partial charge in [-0.1, -0.05) is 12.1 Å². The quantitative estimate of drug-likeness (QED) is 0.732. The lowest BCUT2D eigenvalue weighted by Crippen LogP contribution is -2.21. The largest absolute Gasteiger partial charge is 0.508 e. The molecular weight excluding hydrogens is 285 g/mol. The number of carbonyl (C=O) groups excluding carboxylic acids is 1. The Bertz CT molecular complexity index is 639. The average Bonchev–Trinajstić information content (AvgIpc) is 2.41. The summed E-state index contributed by atoms with van der Waals surface area (Å²) in [6.45, 7) is 0. The summed E-state index contributed by atoms with van der Waals surface area (Å²) in [7, 11) is 0. The number of para-hydroxylation sites is 1. The van der Waals surface area contributed by atoms with E-state index in [1.165, 1.54) is 42.5 Å². The number of hydrogen-bond acceptors (Lipinski definition) is 2. The predicted octanol–water partition coefficient (Wildman–Crippen LogP) is 4.06. The van der Waals surface area contributed by atoms with Gasteiger partial charge in [-0.25, -0.2) is 4.79 Å². The molecule has 0 spiro atoms. The summed E-state index contributed by atoms with van der Waals surface area (Å²) in [5.74, 6) is 0.0170. The van der Waals surface area contributed by atoms with Crippen molar-refractivity contribution in [3.8, 4) is 5.75 Å². The summed E-state index contributed by atoms with van der Waals surface area (Å²) in [6, 6.07) is 9.41. The summed E-state index contributed by atoms with van der Waals surface area (Å²) in [5.41, 5.74) is -0.915. The van der Waals surface area contributed by atoms with Gasteiger partial charge in [-0.3, -0.25) is 0 Å². The third kappa shape index (κ3) is 3.88. The molecule has 2 amide bonds. The van der Waals surface area contributed by atoms with Crippen molar-refractivity contribution in [3.05, 3.63) is 54.1 Å². The molecular formula is C14H11F3N2O2. The Morgan fingerprint density at radius 1 is 0.952 bits per heavy atom. The minimum atomic E-state index is -4.55.